The van der Waals surface area contributed by atoms with Gasteiger partial charge in [0.1, 0.15) is 24.2 Å². The number of pyridine rings is 1. The summed E-state index contributed by atoms with van der Waals surface area (Å²) in [5, 5.41) is 27.9. The van der Waals surface area contributed by atoms with Crippen LogP contribution in [0.4, 0.5) is 4.79 Å². The fourth-order valence-corrected chi connectivity index (χ4v) is 10.4. The van der Waals surface area contributed by atoms with Gasteiger partial charge in [-0.25, -0.2) is 18.0 Å². The first-order valence-electron chi connectivity index (χ1n) is 23.0. The quantitative estimate of drug-likeness (QED) is 0.0380. The number of phenols is 1. The second kappa shape index (κ2) is 22.5. The van der Waals surface area contributed by atoms with Crippen molar-refractivity contribution >= 4 is 33.0 Å². The zero-order valence-electron chi connectivity index (χ0n) is 37.7. The van der Waals surface area contributed by atoms with Gasteiger partial charge in [0, 0.05) is 37.6 Å². The number of aromatic nitrogens is 1. The molecule has 3 atom stereocenters. The van der Waals surface area contributed by atoms with Crippen molar-refractivity contribution in [3.05, 3.63) is 172 Å². The van der Waals surface area contributed by atoms with Crippen LogP contribution in [0, 0.1) is 5.92 Å². The zero-order valence-corrected chi connectivity index (χ0v) is 38.5. The molecule has 6 aromatic rings. The number of ether oxygens (including phenoxy) is 3. The Bertz CT molecular complexity index is 2800. The molecule has 5 aromatic carbocycles. The minimum atomic E-state index is -3.87. The van der Waals surface area contributed by atoms with E-state index in [-0.39, 0.29) is 67.1 Å². The van der Waals surface area contributed by atoms with Crippen LogP contribution in [0.1, 0.15) is 70.4 Å². The van der Waals surface area contributed by atoms with Crippen LogP contribution >= 0.6 is 0 Å². The molecule has 15 nitrogen and oxygen atoms in total. The van der Waals surface area contributed by atoms with Gasteiger partial charge >= 0.3 is 12.1 Å². The fourth-order valence-electron chi connectivity index (χ4n) is 8.89. The third-order valence-electron chi connectivity index (χ3n) is 12.6. The van der Waals surface area contributed by atoms with Crippen molar-refractivity contribution in [1.29, 1.82) is 0 Å². The summed E-state index contributed by atoms with van der Waals surface area (Å²) in [6, 6.07) is 37.8. The zero-order chi connectivity index (χ0) is 47.5. The van der Waals surface area contributed by atoms with Crippen molar-refractivity contribution in [3.63, 3.8) is 0 Å². The molecule has 3 saturated heterocycles. The van der Waals surface area contributed by atoms with Crippen LogP contribution in [0.25, 0.3) is 10.9 Å². The summed E-state index contributed by atoms with van der Waals surface area (Å²) in [5.41, 5.74) is 3.30. The lowest BCUT2D eigenvalue weighted by atomic mass is 9.86. The van der Waals surface area contributed by atoms with Gasteiger partial charge in [0.2, 0.25) is 15.6 Å². The molecule has 0 spiro atoms. The Morgan fingerprint density at radius 3 is 2.29 bits per heavy atom. The van der Waals surface area contributed by atoms with E-state index in [1.807, 2.05) is 54.6 Å². The summed E-state index contributed by atoms with van der Waals surface area (Å²) in [4.78, 5) is 43.2. The van der Waals surface area contributed by atoms with Crippen LogP contribution < -0.4 is 20.9 Å². The number of benzene rings is 5. The van der Waals surface area contributed by atoms with Crippen molar-refractivity contribution in [1.82, 2.24) is 24.8 Å². The number of aliphatic hydroxyl groups excluding tert-OH is 1. The first-order chi connectivity index (χ1) is 33.0. The molecular formula is C52H57N5O10S. The molecule has 1 amide bonds. The Balaban J connectivity index is 0.808. The van der Waals surface area contributed by atoms with Crippen LogP contribution in [0.15, 0.2) is 143 Å². The summed E-state index contributed by atoms with van der Waals surface area (Å²) in [6.45, 7) is 3.92. The minimum absolute atomic E-state index is 0.00655. The SMILES string of the molecule is O=C(N[C@@H](c1ccccc1)c1cccc(OCc2ccc(C(=O)OCCCN(CCCNC[C@H](O)c3ccc(O)c4[nH]c(=O)ccc34)S(=O)(=O)c3ccccc3)cc2)c1)O[C@H]1CN2CCC1CC2. The molecule has 0 radical (unpaired) electrons. The van der Waals surface area contributed by atoms with E-state index in [0.29, 0.717) is 41.1 Å². The molecule has 3 fully saturated rings. The lowest BCUT2D eigenvalue weighted by Gasteiger charge is -2.43. The number of phenolic OH excluding ortho intramolecular Hbond substituents is 1. The lowest BCUT2D eigenvalue weighted by molar-refractivity contribution is -0.0336. The molecule has 3 aliphatic rings. The van der Waals surface area contributed by atoms with Gasteiger partial charge in [-0.2, -0.15) is 4.31 Å². The Labute approximate surface area is 395 Å². The van der Waals surface area contributed by atoms with Crippen molar-refractivity contribution < 1.29 is 42.4 Å². The molecule has 3 aliphatic heterocycles. The second-order valence-electron chi connectivity index (χ2n) is 17.2. The van der Waals surface area contributed by atoms with Gasteiger partial charge in [0.05, 0.1) is 34.7 Å². The highest BCUT2D eigenvalue weighted by Crippen LogP contribution is 2.32. The number of nitrogens with zero attached hydrogens (tertiary/aromatic N) is 2. The molecule has 2 bridgehead atoms. The topological polar surface area (TPSA) is 200 Å². The predicted octanol–water partition coefficient (Wildman–Crippen LogP) is 6.67. The highest BCUT2D eigenvalue weighted by molar-refractivity contribution is 7.89. The minimum Gasteiger partial charge on any atom is -0.506 e. The molecule has 0 aliphatic carbocycles. The third kappa shape index (κ3) is 12.1. The number of esters is 1. The maximum Gasteiger partial charge on any atom is 0.408 e. The third-order valence-corrected chi connectivity index (χ3v) is 14.5. The van der Waals surface area contributed by atoms with Gasteiger partial charge in [-0.1, -0.05) is 78.9 Å². The average molecular weight is 944 g/mol. The molecule has 0 saturated carbocycles. The highest BCUT2D eigenvalue weighted by atomic mass is 32.2. The Kier molecular flexibility index (Phi) is 15.8. The number of aromatic hydroxyl groups is 1. The molecule has 68 heavy (non-hydrogen) atoms. The van der Waals surface area contributed by atoms with Crippen molar-refractivity contribution in [2.45, 2.75) is 55.4 Å². The molecular weight excluding hydrogens is 887 g/mol. The van der Waals surface area contributed by atoms with E-state index in [2.05, 4.69) is 20.5 Å². The standard InChI is InChI=1S/C52H57N5O10S/c58-45-22-20-43(44-21-23-48(60)54-50(44)45)46(59)33-53-26-8-27-57(68(63,64)42-14-5-2-6-15-42)28-9-31-65-51(61)39-18-16-36(17-19-39)35-66-41-13-7-12-40(32-41)49(38-10-3-1-4-11-38)55-52(62)67-47-34-56-29-24-37(47)25-30-56/h1-7,10-23,32,37,46-47,49,53,58-59H,8-9,24-31,33-35H2,(H,54,60)(H,55,62)/t46-,47-,49-/m0/s1. The molecule has 1 aromatic heterocycles. The van der Waals surface area contributed by atoms with E-state index >= 15 is 0 Å². The number of piperidine rings is 3. The molecule has 5 N–H and O–H groups in total. The van der Waals surface area contributed by atoms with E-state index in [0.717, 1.165) is 49.2 Å². The highest BCUT2D eigenvalue weighted by Gasteiger charge is 2.37. The first kappa shape index (κ1) is 47.9. The van der Waals surface area contributed by atoms with E-state index < -0.39 is 34.2 Å². The van der Waals surface area contributed by atoms with Crippen molar-refractivity contribution in [3.8, 4) is 11.5 Å². The maximum absolute atomic E-state index is 13.7. The Morgan fingerprint density at radius 1 is 0.838 bits per heavy atom. The van der Waals surface area contributed by atoms with Gasteiger partial charge in [-0.15, -0.1) is 0 Å². The number of carbonyl (C=O) groups is 2. The summed E-state index contributed by atoms with van der Waals surface area (Å²) in [5.74, 6) is 0.366. The lowest BCUT2D eigenvalue weighted by Crippen LogP contribution is -2.52. The number of hydrogen-bond donors (Lipinski definition) is 5. The van der Waals surface area contributed by atoms with E-state index in [4.69, 9.17) is 14.2 Å². The van der Waals surface area contributed by atoms with Crippen LogP contribution in [-0.2, 0) is 26.1 Å². The fraction of sp³-hybridized carbons (Fsp3) is 0.327. The number of nitrogens with one attached hydrogen (secondary N) is 3. The number of fused-ring (bicyclic) bond motifs is 4. The number of amides is 1. The number of rotatable bonds is 21. The summed E-state index contributed by atoms with van der Waals surface area (Å²) in [6.07, 6.45) is 1.25. The van der Waals surface area contributed by atoms with E-state index in [1.165, 1.54) is 28.6 Å². The van der Waals surface area contributed by atoms with Crippen LogP contribution in [0.2, 0.25) is 0 Å². The van der Waals surface area contributed by atoms with Crippen molar-refractivity contribution in [2.24, 2.45) is 5.92 Å². The Hall–Kier alpha value is -6.56. The smallest absolute Gasteiger partial charge is 0.408 e. The van der Waals surface area contributed by atoms with Crippen molar-refractivity contribution in [2.75, 3.05) is 52.4 Å². The average Bonchev–Trinajstić information content (AvgIpc) is 3.36. The molecule has 9 rings (SSSR count). The van der Waals surface area contributed by atoms with E-state index in [1.54, 1.807) is 54.6 Å². The second-order valence-corrected chi connectivity index (χ2v) is 19.1. The monoisotopic (exact) mass is 943 g/mol. The first-order valence-corrected chi connectivity index (χ1v) is 24.5. The van der Waals surface area contributed by atoms with Gasteiger partial charge in [0.25, 0.3) is 0 Å². The predicted molar refractivity (Wildman–Crippen MR) is 257 cm³/mol. The number of carbonyl (C=O) groups excluding carboxylic acids is 2. The molecule has 16 heteroatoms. The van der Waals surface area contributed by atoms with Crippen LogP contribution in [0.5, 0.6) is 11.5 Å². The van der Waals surface area contributed by atoms with Gasteiger partial charge in [-0.05, 0) is 122 Å². The number of aliphatic hydroxyl groups is 1. The number of sulfonamides is 1. The van der Waals surface area contributed by atoms with Crippen LogP contribution in [0.3, 0.4) is 0 Å². The Morgan fingerprint density at radius 2 is 1.56 bits per heavy atom. The number of H-pyrrole nitrogens is 1. The molecule has 4 heterocycles. The molecule has 0 unspecified atom stereocenters. The largest absolute Gasteiger partial charge is 0.506 e. The van der Waals surface area contributed by atoms with Crippen LogP contribution in [-0.4, -0.2) is 103 Å². The van der Waals surface area contributed by atoms with E-state index in [9.17, 15) is 33.0 Å². The summed E-state index contributed by atoms with van der Waals surface area (Å²) >= 11 is 0. The number of aromatic amines is 1. The van der Waals surface area contributed by atoms with Gasteiger partial charge in [0.15, 0.2) is 0 Å². The number of hydrogen-bond acceptors (Lipinski definition) is 12. The summed E-state index contributed by atoms with van der Waals surface area (Å²) in [7, 11) is -3.87. The molecule has 356 valence electrons. The number of alkyl carbamates (subject to hydrolysis) is 1. The normalized spacial score (nSPS) is 17.6. The van der Waals surface area contributed by atoms with Gasteiger partial charge < -0.3 is 40.0 Å². The maximum atomic E-state index is 13.7. The van der Waals surface area contributed by atoms with Gasteiger partial charge in [-0.3, -0.25) is 9.69 Å². The summed E-state index contributed by atoms with van der Waals surface area (Å²) < 4.78 is 46.5.